The molecule has 37 heavy (non-hydrogen) atoms. The molecule has 0 aliphatic rings. The standard InChI is InChI=1S/C27H17Cl2N3O5/c28-21-8-3-17(4-9-21)26(34)36-23-12-7-19(16-31-32-25(33)20-2-1-13-30-15-20)24(14-23)37-27(35)18-5-10-22(29)11-6-18/h1-16H,(H,32,33). The largest absolute Gasteiger partial charge is 0.423 e. The Hall–Kier alpha value is -4.53. The Morgan fingerprint density at radius 1 is 0.784 bits per heavy atom. The number of aromatic nitrogens is 1. The summed E-state index contributed by atoms with van der Waals surface area (Å²) in [6.45, 7) is 0. The Bertz CT molecular complexity index is 1460. The zero-order valence-corrected chi connectivity index (χ0v) is 20.4. The second kappa shape index (κ2) is 11.9. The molecule has 8 nitrogen and oxygen atoms in total. The summed E-state index contributed by atoms with van der Waals surface area (Å²) in [5.74, 6) is -1.61. The average molecular weight is 534 g/mol. The van der Waals surface area contributed by atoms with E-state index in [9.17, 15) is 14.4 Å². The molecule has 0 aliphatic carbocycles. The summed E-state index contributed by atoms with van der Waals surface area (Å²) in [4.78, 5) is 41.3. The van der Waals surface area contributed by atoms with Crippen molar-refractivity contribution in [1.82, 2.24) is 10.4 Å². The number of hydrazone groups is 1. The third-order valence-corrected chi connectivity index (χ3v) is 5.36. The van der Waals surface area contributed by atoms with E-state index in [1.807, 2.05) is 0 Å². The lowest BCUT2D eigenvalue weighted by Gasteiger charge is -2.11. The molecule has 3 aromatic carbocycles. The molecule has 1 amide bonds. The fraction of sp³-hybridized carbons (Fsp3) is 0. The van der Waals surface area contributed by atoms with Crippen molar-refractivity contribution in [3.8, 4) is 11.5 Å². The van der Waals surface area contributed by atoms with E-state index < -0.39 is 17.8 Å². The van der Waals surface area contributed by atoms with Crippen LogP contribution in [0.2, 0.25) is 10.0 Å². The molecule has 0 spiro atoms. The van der Waals surface area contributed by atoms with E-state index in [4.69, 9.17) is 32.7 Å². The molecular formula is C27H17Cl2N3O5. The van der Waals surface area contributed by atoms with Gasteiger partial charge in [-0.2, -0.15) is 5.10 Å². The molecule has 1 N–H and O–H groups in total. The van der Waals surface area contributed by atoms with E-state index in [-0.39, 0.29) is 22.6 Å². The van der Waals surface area contributed by atoms with Gasteiger partial charge >= 0.3 is 11.9 Å². The molecule has 0 fully saturated rings. The number of amides is 1. The molecule has 0 bridgehead atoms. The summed E-state index contributed by atoms with van der Waals surface area (Å²) < 4.78 is 11.0. The molecule has 0 saturated heterocycles. The van der Waals surface area contributed by atoms with Crippen LogP contribution in [0.25, 0.3) is 0 Å². The van der Waals surface area contributed by atoms with Gasteiger partial charge in [0.2, 0.25) is 0 Å². The molecule has 184 valence electrons. The quantitative estimate of drug-likeness (QED) is 0.143. The highest BCUT2D eigenvalue weighted by Crippen LogP contribution is 2.26. The van der Waals surface area contributed by atoms with Crippen LogP contribution in [0.5, 0.6) is 11.5 Å². The van der Waals surface area contributed by atoms with Gasteiger partial charge in [-0.3, -0.25) is 9.78 Å². The molecule has 0 atom stereocenters. The lowest BCUT2D eigenvalue weighted by atomic mass is 10.2. The highest BCUT2D eigenvalue weighted by atomic mass is 35.5. The molecular weight excluding hydrogens is 517 g/mol. The minimum Gasteiger partial charge on any atom is -0.423 e. The smallest absolute Gasteiger partial charge is 0.343 e. The number of nitrogens with one attached hydrogen (secondary N) is 1. The van der Waals surface area contributed by atoms with Gasteiger partial charge < -0.3 is 9.47 Å². The van der Waals surface area contributed by atoms with Crippen LogP contribution in [-0.4, -0.2) is 29.0 Å². The summed E-state index contributed by atoms with van der Waals surface area (Å²) in [6.07, 6.45) is 4.24. The number of halogens is 2. The molecule has 0 aliphatic heterocycles. The Labute approximate surface area is 221 Å². The molecule has 4 aromatic rings. The number of hydrogen-bond donors (Lipinski definition) is 1. The van der Waals surface area contributed by atoms with Crippen molar-refractivity contribution in [2.45, 2.75) is 0 Å². The van der Waals surface area contributed by atoms with Crippen LogP contribution >= 0.6 is 23.2 Å². The predicted octanol–water partition coefficient (Wildman–Crippen LogP) is 5.59. The topological polar surface area (TPSA) is 107 Å². The van der Waals surface area contributed by atoms with Gasteiger partial charge in [-0.05, 0) is 72.8 Å². The molecule has 4 rings (SSSR count). The molecule has 10 heteroatoms. The number of benzene rings is 3. The first kappa shape index (κ1) is 25.6. The number of carbonyl (C=O) groups excluding carboxylic acids is 3. The summed E-state index contributed by atoms with van der Waals surface area (Å²) in [5, 5.41) is 4.88. The van der Waals surface area contributed by atoms with Gasteiger partial charge in [-0.25, -0.2) is 15.0 Å². The number of rotatable bonds is 7. The van der Waals surface area contributed by atoms with Crippen molar-refractivity contribution in [3.63, 3.8) is 0 Å². The molecule has 1 aromatic heterocycles. The summed E-state index contributed by atoms with van der Waals surface area (Å²) in [6, 6.07) is 19.9. The maximum atomic E-state index is 12.7. The van der Waals surface area contributed by atoms with E-state index in [0.717, 1.165) is 0 Å². The van der Waals surface area contributed by atoms with Crippen LogP contribution in [0.3, 0.4) is 0 Å². The second-order valence-electron chi connectivity index (χ2n) is 7.43. The maximum absolute atomic E-state index is 12.7. The van der Waals surface area contributed by atoms with Gasteiger partial charge in [-0.1, -0.05) is 23.2 Å². The van der Waals surface area contributed by atoms with Crippen molar-refractivity contribution in [3.05, 3.63) is 124 Å². The first-order chi connectivity index (χ1) is 17.9. The Kier molecular flexibility index (Phi) is 8.25. The normalized spacial score (nSPS) is 10.6. The van der Waals surface area contributed by atoms with Crippen molar-refractivity contribution in [1.29, 1.82) is 0 Å². The SMILES string of the molecule is O=C(NN=Cc1ccc(OC(=O)c2ccc(Cl)cc2)cc1OC(=O)c1ccc(Cl)cc1)c1cccnc1. The van der Waals surface area contributed by atoms with Crippen LogP contribution < -0.4 is 14.9 Å². The molecule has 0 saturated carbocycles. The van der Waals surface area contributed by atoms with Crippen molar-refractivity contribution >= 4 is 47.3 Å². The Balaban J connectivity index is 1.56. The van der Waals surface area contributed by atoms with Crippen LogP contribution in [0, 0.1) is 0 Å². The van der Waals surface area contributed by atoms with E-state index in [0.29, 0.717) is 21.2 Å². The van der Waals surface area contributed by atoms with Gasteiger partial charge in [0, 0.05) is 34.1 Å². The number of hydrogen-bond acceptors (Lipinski definition) is 7. The highest BCUT2D eigenvalue weighted by Gasteiger charge is 2.15. The highest BCUT2D eigenvalue weighted by molar-refractivity contribution is 6.31. The number of ether oxygens (including phenoxy) is 2. The van der Waals surface area contributed by atoms with E-state index in [2.05, 4.69) is 15.5 Å². The monoisotopic (exact) mass is 533 g/mol. The number of nitrogens with zero attached hydrogens (tertiary/aromatic N) is 2. The molecule has 1 heterocycles. The Morgan fingerprint density at radius 2 is 1.41 bits per heavy atom. The van der Waals surface area contributed by atoms with Crippen LogP contribution in [0.4, 0.5) is 0 Å². The van der Waals surface area contributed by atoms with E-state index in [1.165, 1.54) is 54.9 Å². The van der Waals surface area contributed by atoms with Crippen molar-refractivity contribution < 1.29 is 23.9 Å². The van der Waals surface area contributed by atoms with Crippen molar-refractivity contribution in [2.75, 3.05) is 0 Å². The third kappa shape index (κ3) is 7.00. The maximum Gasteiger partial charge on any atom is 0.343 e. The average Bonchev–Trinajstić information content (AvgIpc) is 2.91. The van der Waals surface area contributed by atoms with Crippen LogP contribution in [0.15, 0.2) is 96.4 Å². The lowest BCUT2D eigenvalue weighted by molar-refractivity contribution is 0.0732. The number of carbonyl (C=O) groups is 3. The fourth-order valence-electron chi connectivity index (χ4n) is 2.99. The van der Waals surface area contributed by atoms with Gasteiger partial charge in [0.15, 0.2) is 0 Å². The van der Waals surface area contributed by atoms with Gasteiger partial charge in [-0.15, -0.1) is 0 Å². The minimum absolute atomic E-state index is 0.0423. The predicted molar refractivity (Wildman–Crippen MR) is 139 cm³/mol. The van der Waals surface area contributed by atoms with E-state index >= 15 is 0 Å². The van der Waals surface area contributed by atoms with Crippen molar-refractivity contribution in [2.24, 2.45) is 5.10 Å². The first-order valence-corrected chi connectivity index (χ1v) is 11.5. The summed E-state index contributed by atoms with van der Waals surface area (Å²) in [5.41, 5.74) is 3.57. The third-order valence-electron chi connectivity index (χ3n) is 4.85. The lowest BCUT2D eigenvalue weighted by Crippen LogP contribution is -2.18. The zero-order chi connectivity index (χ0) is 26.2. The Morgan fingerprint density at radius 3 is 2.00 bits per heavy atom. The molecule has 0 unspecified atom stereocenters. The first-order valence-electron chi connectivity index (χ1n) is 10.7. The van der Waals surface area contributed by atoms with Gasteiger partial charge in [0.25, 0.3) is 5.91 Å². The summed E-state index contributed by atoms with van der Waals surface area (Å²) in [7, 11) is 0. The van der Waals surface area contributed by atoms with Gasteiger partial charge in [0.05, 0.1) is 22.9 Å². The van der Waals surface area contributed by atoms with E-state index in [1.54, 1.807) is 42.6 Å². The minimum atomic E-state index is -0.674. The van der Waals surface area contributed by atoms with Crippen LogP contribution in [0.1, 0.15) is 36.6 Å². The second-order valence-corrected chi connectivity index (χ2v) is 8.31. The fourth-order valence-corrected chi connectivity index (χ4v) is 3.24. The molecule has 0 radical (unpaired) electrons. The van der Waals surface area contributed by atoms with Gasteiger partial charge in [0.1, 0.15) is 11.5 Å². The van der Waals surface area contributed by atoms with Crippen LogP contribution in [-0.2, 0) is 0 Å². The number of esters is 2. The number of pyridine rings is 1. The summed E-state index contributed by atoms with van der Waals surface area (Å²) >= 11 is 11.8. The zero-order valence-electron chi connectivity index (χ0n) is 18.9.